The predicted molar refractivity (Wildman–Crippen MR) is 108 cm³/mol. The molecule has 8 heteroatoms. The van der Waals surface area contributed by atoms with Crippen molar-refractivity contribution in [3.05, 3.63) is 22.5 Å². The van der Waals surface area contributed by atoms with Gasteiger partial charge in [-0.1, -0.05) is 0 Å². The molecule has 5 rings (SSSR count). The molecule has 146 valence electrons. The molecule has 2 aromatic heterocycles. The van der Waals surface area contributed by atoms with Crippen molar-refractivity contribution >= 4 is 38.6 Å². The third-order valence-electron chi connectivity index (χ3n) is 6.45. The van der Waals surface area contributed by atoms with Gasteiger partial charge in [0.05, 0.1) is 16.7 Å². The lowest BCUT2D eigenvalue weighted by Gasteiger charge is -2.43. The van der Waals surface area contributed by atoms with Gasteiger partial charge in [-0.05, 0) is 54.5 Å². The summed E-state index contributed by atoms with van der Waals surface area (Å²) in [7, 11) is 0. The van der Waals surface area contributed by atoms with E-state index in [-0.39, 0.29) is 17.7 Å². The Morgan fingerprint density at radius 1 is 1.25 bits per heavy atom. The van der Waals surface area contributed by atoms with E-state index in [0.717, 1.165) is 60.7 Å². The van der Waals surface area contributed by atoms with Crippen LogP contribution in [0, 0.1) is 11.3 Å². The zero-order valence-electron chi connectivity index (χ0n) is 15.4. The van der Waals surface area contributed by atoms with E-state index in [4.69, 9.17) is 9.68 Å². The molecule has 2 aliphatic heterocycles. The molecule has 0 spiro atoms. The number of nitrogens with zero attached hydrogens (tertiary/aromatic N) is 3. The molecular formula is C20H22BrN5O2. The molecule has 28 heavy (non-hydrogen) atoms. The monoisotopic (exact) mass is 443 g/mol. The quantitative estimate of drug-likeness (QED) is 0.756. The summed E-state index contributed by atoms with van der Waals surface area (Å²) < 4.78 is 6.28. The number of carbonyl (C=O) groups excluding carboxylic acids is 1. The maximum absolute atomic E-state index is 12.2. The fraction of sp³-hybridized carbons (Fsp3) is 0.550. The number of rotatable bonds is 3. The Morgan fingerprint density at radius 2 is 2.04 bits per heavy atom. The Hall–Kier alpha value is -2.11. The first kappa shape index (κ1) is 18.0. The number of amides is 1. The Balaban J connectivity index is 1.26. The number of pyridine rings is 1. The van der Waals surface area contributed by atoms with Gasteiger partial charge in [-0.2, -0.15) is 5.26 Å². The molecule has 0 aromatic carbocycles. The van der Waals surface area contributed by atoms with E-state index in [1.165, 1.54) is 0 Å². The van der Waals surface area contributed by atoms with Crippen molar-refractivity contribution in [3.8, 4) is 6.07 Å². The van der Waals surface area contributed by atoms with Crippen LogP contribution in [-0.2, 0) is 4.79 Å². The first-order valence-electron chi connectivity index (χ1n) is 9.94. The van der Waals surface area contributed by atoms with Gasteiger partial charge in [-0.15, -0.1) is 0 Å². The topological polar surface area (TPSA) is 94.2 Å². The first-order valence-corrected chi connectivity index (χ1v) is 10.7. The molecule has 4 heterocycles. The van der Waals surface area contributed by atoms with Gasteiger partial charge in [0.1, 0.15) is 11.9 Å². The molecule has 3 fully saturated rings. The molecule has 7 nitrogen and oxygen atoms in total. The Morgan fingerprint density at radius 3 is 2.82 bits per heavy atom. The lowest BCUT2D eigenvalue weighted by molar-refractivity contribution is -0.130. The SMILES string of the molecule is N#Cc1cc2c(Br)c(NC3CCC(N4C5CCC4C(=O)NC5)CC3)ncc2o1. The van der Waals surface area contributed by atoms with Crippen molar-refractivity contribution in [3.63, 3.8) is 0 Å². The van der Waals surface area contributed by atoms with Crippen LogP contribution >= 0.6 is 15.9 Å². The summed E-state index contributed by atoms with van der Waals surface area (Å²) in [5.41, 5.74) is 0.608. The molecule has 2 unspecified atom stereocenters. The van der Waals surface area contributed by atoms with Crippen LogP contribution in [0.2, 0.25) is 0 Å². The number of carbonyl (C=O) groups is 1. The van der Waals surface area contributed by atoms with Gasteiger partial charge in [-0.25, -0.2) is 4.98 Å². The molecule has 2 aromatic rings. The van der Waals surface area contributed by atoms with Crippen molar-refractivity contribution < 1.29 is 9.21 Å². The zero-order chi connectivity index (χ0) is 19.3. The van der Waals surface area contributed by atoms with Gasteiger partial charge in [0.2, 0.25) is 11.7 Å². The largest absolute Gasteiger partial charge is 0.444 e. The van der Waals surface area contributed by atoms with Crippen LogP contribution in [0.3, 0.4) is 0 Å². The third-order valence-corrected chi connectivity index (χ3v) is 7.26. The number of anilines is 1. The Kier molecular flexibility index (Phi) is 4.52. The minimum Gasteiger partial charge on any atom is -0.444 e. The van der Waals surface area contributed by atoms with E-state index in [2.05, 4.69) is 36.4 Å². The van der Waals surface area contributed by atoms with E-state index >= 15 is 0 Å². The van der Waals surface area contributed by atoms with Gasteiger partial charge in [0.25, 0.3) is 0 Å². The summed E-state index contributed by atoms with van der Waals surface area (Å²) in [6, 6.07) is 5.23. The van der Waals surface area contributed by atoms with Gasteiger partial charge in [0, 0.05) is 36.1 Å². The van der Waals surface area contributed by atoms with Crippen molar-refractivity contribution in [1.29, 1.82) is 5.26 Å². The predicted octanol–water partition coefficient (Wildman–Crippen LogP) is 3.15. The van der Waals surface area contributed by atoms with Crippen LogP contribution in [0.25, 0.3) is 11.0 Å². The van der Waals surface area contributed by atoms with Crippen molar-refractivity contribution in [2.24, 2.45) is 0 Å². The van der Waals surface area contributed by atoms with Crippen molar-refractivity contribution in [2.45, 2.75) is 62.7 Å². The van der Waals surface area contributed by atoms with Crippen LogP contribution in [0.1, 0.15) is 44.3 Å². The molecule has 2 bridgehead atoms. The summed E-state index contributed by atoms with van der Waals surface area (Å²) >= 11 is 3.61. The number of furan rings is 1. The second-order valence-corrected chi connectivity index (χ2v) is 8.80. The maximum Gasteiger partial charge on any atom is 0.237 e. The molecule has 1 amide bonds. The van der Waals surface area contributed by atoms with Gasteiger partial charge >= 0.3 is 0 Å². The number of piperazine rings is 1. The molecule has 0 radical (unpaired) electrons. The van der Waals surface area contributed by atoms with E-state index in [1.807, 2.05) is 6.07 Å². The van der Waals surface area contributed by atoms with Crippen molar-refractivity contribution in [1.82, 2.24) is 15.2 Å². The lowest BCUT2D eigenvalue weighted by Crippen LogP contribution is -2.59. The average molecular weight is 444 g/mol. The number of aromatic nitrogens is 1. The molecule has 3 aliphatic rings. The number of nitrogens with one attached hydrogen (secondary N) is 2. The first-order chi connectivity index (χ1) is 13.6. The number of hydrogen-bond acceptors (Lipinski definition) is 6. The fourth-order valence-corrected chi connectivity index (χ4v) is 5.64. The summed E-state index contributed by atoms with van der Waals surface area (Å²) in [5, 5.41) is 16.5. The summed E-state index contributed by atoms with van der Waals surface area (Å²) in [4.78, 5) is 19.2. The smallest absolute Gasteiger partial charge is 0.237 e. The van der Waals surface area contributed by atoms with Crippen LogP contribution in [0.4, 0.5) is 5.82 Å². The number of fused-ring (bicyclic) bond motifs is 3. The average Bonchev–Trinajstić information content (AvgIpc) is 3.28. The Labute approximate surface area is 171 Å². The molecule has 1 aliphatic carbocycles. The molecule has 2 atom stereocenters. The van der Waals surface area contributed by atoms with Crippen molar-refractivity contribution in [2.75, 3.05) is 11.9 Å². The van der Waals surface area contributed by atoms with E-state index in [1.54, 1.807) is 12.3 Å². The Bertz CT molecular complexity index is 959. The fourth-order valence-electron chi connectivity index (χ4n) is 5.11. The van der Waals surface area contributed by atoms with E-state index < -0.39 is 0 Å². The van der Waals surface area contributed by atoms with Crippen LogP contribution in [-0.4, -0.2) is 46.5 Å². The lowest BCUT2D eigenvalue weighted by atomic mass is 9.88. The zero-order valence-corrected chi connectivity index (χ0v) is 17.0. The number of nitriles is 1. The summed E-state index contributed by atoms with van der Waals surface area (Å²) in [6.45, 7) is 0.805. The highest BCUT2D eigenvalue weighted by atomic mass is 79.9. The summed E-state index contributed by atoms with van der Waals surface area (Å²) in [5.74, 6) is 1.29. The second kappa shape index (κ2) is 7.05. The highest BCUT2D eigenvalue weighted by molar-refractivity contribution is 9.10. The highest BCUT2D eigenvalue weighted by Crippen LogP contribution is 2.37. The number of halogens is 1. The van der Waals surface area contributed by atoms with E-state index in [9.17, 15) is 4.79 Å². The number of hydrogen-bond donors (Lipinski definition) is 2. The molecule has 2 N–H and O–H groups in total. The van der Waals surface area contributed by atoms with Crippen LogP contribution < -0.4 is 10.6 Å². The van der Waals surface area contributed by atoms with Crippen LogP contribution in [0.15, 0.2) is 21.2 Å². The van der Waals surface area contributed by atoms with Gasteiger partial charge in [-0.3, -0.25) is 9.69 Å². The third kappa shape index (κ3) is 2.97. The molecule has 1 saturated carbocycles. The normalized spacial score (nSPS) is 30.2. The van der Waals surface area contributed by atoms with Crippen LogP contribution in [0.5, 0.6) is 0 Å². The molecule has 2 saturated heterocycles. The van der Waals surface area contributed by atoms with Gasteiger partial charge in [0.15, 0.2) is 5.58 Å². The minimum absolute atomic E-state index is 0.0851. The minimum atomic E-state index is 0.0851. The second-order valence-electron chi connectivity index (χ2n) is 8.01. The standard InChI is InChI=1S/C20H22BrN5O2/c21-18-15-7-14(8-22)28-17(15)10-23-19(18)25-11-1-3-12(4-2-11)26-13-5-6-16(26)20(27)24-9-13/h7,10-13,16H,1-6,9H2,(H,23,25)(H,24,27). The maximum atomic E-state index is 12.2. The molecular weight excluding hydrogens is 422 g/mol. The highest BCUT2D eigenvalue weighted by Gasteiger charge is 2.45. The van der Waals surface area contributed by atoms with E-state index in [0.29, 0.717) is 23.7 Å². The van der Waals surface area contributed by atoms with Gasteiger partial charge < -0.3 is 15.1 Å². The summed E-state index contributed by atoms with van der Waals surface area (Å²) in [6.07, 6.45) is 8.12.